The molecule has 0 saturated heterocycles. The number of para-hydroxylation sites is 1. The molecule has 1 aromatic heterocycles. The van der Waals surface area contributed by atoms with Crippen LogP contribution in [0.4, 0.5) is 0 Å². The summed E-state index contributed by atoms with van der Waals surface area (Å²) in [6, 6.07) is 7.24. The molecule has 0 unspecified atom stereocenters. The maximum Gasteiger partial charge on any atom is 0.141 e. The fourth-order valence-corrected chi connectivity index (χ4v) is 1.34. The van der Waals surface area contributed by atoms with Gasteiger partial charge in [-0.05, 0) is 24.6 Å². The zero-order valence-electron chi connectivity index (χ0n) is 7.31. The molecule has 1 aromatic carbocycles. The van der Waals surface area contributed by atoms with Crippen molar-refractivity contribution in [2.75, 3.05) is 0 Å². The fraction of sp³-hybridized carbons (Fsp3) is 0.100. The third kappa shape index (κ3) is 1.28. The molecule has 1 N–H and O–H groups in total. The van der Waals surface area contributed by atoms with Gasteiger partial charge in [0, 0.05) is 12.4 Å². The van der Waals surface area contributed by atoms with Crippen LogP contribution in [-0.4, -0.2) is 14.9 Å². The van der Waals surface area contributed by atoms with Gasteiger partial charge in [0.05, 0.1) is 0 Å². The number of phenolic OH excluding ortho intramolecular Hbond substituents is 1. The minimum absolute atomic E-state index is 0.253. The number of rotatable bonds is 1. The fourth-order valence-electron chi connectivity index (χ4n) is 1.34. The molecule has 1 heterocycles. The Morgan fingerprint density at radius 3 is 2.77 bits per heavy atom. The standard InChI is InChI=1S/C10H10N2O/c1-8-4-2-5-9(13)10(8)12-7-3-6-11-12/h2-7,13H,1H3. The van der Waals surface area contributed by atoms with E-state index in [9.17, 15) is 5.11 Å². The monoisotopic (exact) mass is 174 g/mol. The topological polar surface area (TPSA) is 38.0 Å². The predicted molar refractivity (Wildman–Crippen MR) is 50.0 cm³/mol. The second kappa shape index (κ2) is 2.94. The van der Waals surface area contributed by atoms with E-state index in [2.05, 4.69) is 5.10 Å². The van der Waals surface area contributed by atoms with E-state index in [1.807, 2.05) is 31.3 Å². The van der Waals surface area contributed by atoms with Crippen molar-refractivity contribution >= 4 is 0 Å². The summed E-state index contributed by atoms with van der Waals surface area (Å²) < 4.78 is 1.66. The van der Waals surface area contributed by atoms with Crippen molar-refractivity contribution in [2.45, 2.75) is 6.92 Å². The van der Waals surface area contributed by atoms with Gasteiger partial charge in [-0.25, -0.2) is 4.68 Å². The van der Waals surface area contributed by atoms with E-state index >= 15 is 0 Å². The molecular formula is C10H10N2O. The van der Waals surface area contributed by atoms with Crippen LogP contribution in [0.3, 0.4) is 0 Å². The van der Waals surface area contributed by atoms with Crippen molar-refractivity contribution in [3.05, 3.63) is 42.2 Å². The summed E-state index contributed by atoms with van der Waals surface area (Å²) >= 11 is 0. The van der Waals surface area contributed by atoms with E-state index in [-0.39, 0.29) is 5.75 Å². The molecule has 0 aliphatic rings. The smallest absolute Gasteiger partial charge is 0.141 e. The van der Waals surface area contributed by atoms with Crippen LogP contribution < -0.4 is 0 Å². The molecule has 0 atom stereocenters. The van der Waals surface area contributed by atoms with Gasteiger partial charge in [-0.3, -0.25) is 0 Å². The second-order valence-electron chi connectivity index (χ2n) is 2.89. The molecule has 13 heavy (non-hydrogen) atoms. The number of hydrogen-bond acceptors (Lipinski definition) is 2. The number of benzene rings is 1. The van der Waals surface area contributed by atoms with E-state index in [0.29, 0.717) is 0 Å². The second-order valence-corrected chi connectivity index (χ2v) is 2.89. The van der Waals surface area contributed by atoms with Gasteiger partial charge in [-0.2, -0.15) is 5.10 Å². The lowest BCUT2D eigenvalue weighted by Gasteiger charge is -2.07. The van der Waals surface area contributed by atoms with Gasteiger partial charge < -0.3 is 5.11 Å². The van der Waals surface area contributed by atoms with Crippen LogP contribution in [0.15, 0.2) is 36.7 Å². The van der Waals surface area contributed by atoms with Crippen LogP contribution in [0, 0.1) is 6.92 Å². The number of aryl methyl sites for hydroxylation is 1. The lowest BCUT2D eigenvalue weighted by Crippen LogP contribution is -1.97. The molecule has 0 fully saturated rings. The Kier molecular flexibility index (Phi) is 1.77. The Bertz CT molecular complexity index is 387. The molecule has 3 nitrogen and oxygen atoms in total. The first kappa shape index (κ1) is 7.86. The summed E-state index contributed by atoms with van der Waals surface area (Å²) in [5, 5.41) is 13.7. The molecule has 0 bridgehead atoms. The lowest BCUT2D eigenvalue weighted by atomic mass is 10.2. The van der Waals surface area contributed by atoms with Gasteiger partial charge in [0.25, 0.3) is 0 Å². The molecule has 0 radical (unpaired) electrons. The highest BCUT2D eigenvalue weighted by Crippen LogP contribution is 2.23. The van der Waals surface area contributed by atoms with Crippen LogP contribution in [0.25, 0.3) is 5.69 Å². The molecule has 2 rings (SSSR count). The van der Waals surface area contributed by atoms with Crippen molar-refractivity contribution < 1.29 is 5.11 Å². The highest BCUT2D eigenvalue weighted by atomic mass is 16.3. The highest BCUT2D eigenvalue weighted by Gasteiger charge is 2.05. The van der Waals surface area contributed by atoms with Crippen LogP contribution in [0.5, 0.6) is 5.75 Å². The van der Waals surface area contributed by atoms with Crippen molar-refractivity contribution in [1.82, 2.24) is 9.78 Å². The van der Waals surface area contributed by atoms with Gasteiger partial charge in [-0.1, -0.05) is 12.1 Å². The first-order valence-electron chi connectivity index (χ1n) is 4.07. The third-order valence-electron chi connectivity index (χ3n) is 1.95. The van der Waals surface area contributed by atoms with Gasteiger partial charge in [-0.15, -0.1) is 0 Å². The average molecular weight is 174 g/mol. The Balaban J connectivity index is 2.64. The number of nitrogens with zero attached hydrogens (tertiary/aromatic N) is 2. The number of aromatic hydroxyl groups is 1. The third-order valence-corrected chi connectivity index (χ3v) is 1.95. The van der Waals surface area contributed by atoms with Crippen LogP contribution >= 0.6 is 0 Å². The largest absolute Gasteiger partial charge is 0.506 e. The molecular weight excluding hydrogens is 164 g/mol. The van der Waals surface area contributed by atoms with Crippen molar-refractivity contribution in [2.24, 2.45) is 0 Å². The minimum Gasteiger partial charge on any atom is -0.506 e. The van der Waals surface area contributed by atoms with E-state index in [1.165, 1.54) is 0 Å². The summed E-state index contributed by atoms with van der Waals surface area (Å²) in [6.07, 6.45) is 3.49. The maximum absolute atomic E-state index is 9.60. The zero-order chi connectivity index (χ0) is 9.26. The Morgan fingerprint density at radius 2 is 2.15 bits per heavy atom. The number of phenols is 1. The number of hydrogen-bond donors (Lipinski definition) is 1. The molecule has 0 saturated carbocycles. The zero-order valence-corrected chi connectivity index (χ0v) is 7.31. The van der Waals surface area contributed by atoms with Crippen LogP contribution in [0.2, 0.25) is 0 Å². The van der Waals surface area contributed by atoms with E-state index < -0.39 is 0 Å². The summed E-state index contributed by atoms with van der Waals surface area (Å²) in [4.78, 5) is 0. The highest BCUT2D eigenvalue weighted by molar-refractivity contribution is 5.50. The van der Waals surface area contributed by atoms with E-state index in [1.54, 1.807) is 16.9 Å². The lowest BCUT2D eigenvalue weighted by molar-refractivity contribution is 0.470. The molecule has 0 amide bonds. The maximum atomic E-state index is 9.60. The minimum atomic E-state index is 0.253. The molecule has 0 aliphatic heterocycles. The van der Waals surface area contributed by atoms with Gasteiger partial charge >= 0.3 is 0 Å². The Labute approximate surface area is 76.3 Å². The summed E-state index contributed by atoms with van der Waals surface area (Å²) in [7, 11) is 0. The predicted octanol–water partition coefficient (Wildman–Crippen LogP) is 1.89. The van der Waals surface area contributed by atoms with E-state index in [4.69, 9.17) is 0 Å². The average Bonchev–Trinajstić information content (AvgIpc) is 2.57. The van der Waals surface area contributed by atoms with Gasteiger partial charge in [0.15, 0.2) is 0 Å². The summed E-state index contributed by atoms with van der Waals surface area (Å²) in [5.41, 5.74) is 1.75. The quantitative estimate of drug-likeness (QED) is 0.716. The first-order valence-corrected chi connectivity index (χ1v) is 4.07. The SMILES string of the molecule is Cc1cccc(O)c1-n1cccn1. The molecule has 66 valence electrons. The van der Waals surface area contributed by atoms with Gasteiger partial charge in [0.2, 0.25) is 0 Å². The normalized spacial score (nSPS) is 10.2. The Morgan fingerprint density at radius 1 is 1.31 bits per heavy atom. The summed E-state index contributed by atoms with van der Waals surface area (Å²) in [6.45, 7) is 1.94. The van der Waals surface area contributed by atoms with Crippen molar-refractivity contribution in [3.63, 3.8) is 0 Å². The molecule has 3 heteroatoms. The molecule has 0 spiro atoms. The van der Waals surface area contributed by atoms with Crippen LogP contribution in [0.1, 0.15) is 5.56 Å². The Hall–Kier alpha value is -1.77. The summed E-state index contributed by atoms with van der Waals surface area (Å²) in [5.74, 6) is 0.253. The van der Waals surface area contributed by atoms with Gasteiger partial charge in [0.1, 0.15) is 11.4 Å². The molecule has 0 aliphatic carbocycles. The van der Waals surface area contributed by atoms with Crippen molar-refractivity contribution in [3.8, 4) is 11.4 Å². The molecule has 2 aromatic rings. The first-order chi connectivity index (χ1) is 6.29. The number of aromatic nitrogens is 2. The van der Waals surface area contributed by atoms with E-state index in [0.717, 1.165) is 11.3 Å². The van der Waals surface area contributed by atoms with Crippen molar-refractivity contribution in [1.29, 1.82) is 0 Å². The van der Waals surface area contributed by atoms with Crippen LogP contribution in [-0.2, 0) is 0 Å².